The van der Waals surface area contributed by atoms with Crippen molar-refractivity contribution in [3.05, 3.63) is 65.7 Å². The summed E-state index contributed by atoms with van der Waals surface area (Å²) in [5.41, 5.74) is 2.23. The predicted molar refractivity (Wildman–Crippen MR) is 103 cm³/mol. The van der Waals surface area contributed by atoms with Crippen LogP contribution in [0.3, 0.4) is 0 Å². The van der Waals surface area contributed by atoms with Crippen molar-refractivity contribution in [2.24, 2.45) is 0 Å². The van der Waals surface area contributed by atoms with Crippen molar-refractivity contribution in [1.29, 1.82) is 0 Å². The van der Waals surface area contributed by atoms with E-state index in [2.05, 4.69) is 5.32 Å². The second-order valence-corrected chi connectivity index (χ2v) is 6.80. The zero-order valence-electron chi connectivity index (χ0n) is 14.8. The summed E-state index contributed by atoms with van der Waals surface area (Å²) >= 11 is 0. The molecule has 0 radical (unpaired) electrons. The number of fused-ring (bicyclic) bond motifs is 1. The third-order valence-electron chi connectivity index (χ3n) is 4.79. The Bertz CT molecular complexity index is 733. The van der Waals surface area contributed by atoms with Crippen molar-refractivity contribution >= 4 is 24.0 Å². The van der Waals surface area contributed by atoms with Crippen LogP contribution in [0.4, 0.5) is 5.69 Å². The fraction of sp³-hybridized carbons (Fsp3) is 0.350. The van der Waals surface area contributed by atoms with Gasteiger partial charge in [-0.05, 0) is 38.1 Å². The van der Waals surface area contributed by atoms with Gasteiger partial charge in [-0.1, -0.05) is 48.5 Å². The number of amides is 1. The molecule has 3 rings (SSSR count). The quantitative estimate of drug-likeness (QED) is 0.861. The zero-order valence-corrected chi connectivity index (χ0v) is 15.6. The average Bonchev–Trinajstić information content (AvgIpc) is 2.78. The van der Waals surface area contributed by atoms with Crippen molar-refractivity contribution in [2.45, 2.75) is 31.4 Å². The summed E-state index contributed by atoms with van der Waals surface area (Å²) in [5, 5.41) is 13.8. The third-order valence-corrected chi connectivity index (χ3v) is 4.79. The van der Waals surface area contributed by atoms with Crippen LogP contribution in [0, 0.1) is 0 Å². The van der Waals surface area contributed by atoms with Gasteiger partial charge in [0.2, 0.25) is 5.91 Å². The number of para-hydroxylation sites is 1. The molecule has 2 aromatic carbocycles. The van der Waals surface area contributed by atoms with E-state index in [1.807, 2.05) is 68.4 Å². The SMILES string of the molecule is CNC[C@@H](O)[C@H](c1ccccc1)N1C(=O)C(C)(C)c2ccccc21.Cl. The van der Waals surface area contributed by atoms with E-state index >= 15 is 0 Å². The molecule has 0 aromatic heterocycles. The van der Waals surface area contributed by atoms with E-state index in [1.54, 1.807) is 11.9 Å². The fourth-order valence-electron chi connectivity index (χ4n) is 3.53. The van der Waals surface area contributed by atoms with Crippen LogP contribution in [0.2, 0.25) is 0 Å². The monoisotopic (exact) mass is 360 g/mol. The Kier molecular flexibility index (Phi) is 5.88. The van der Waals surface area contributed by atoms with E-state index in [4.69, 9.17) is 0 Å². The number of halogens is 1. The van der Waals surface area contributed by atoms with Gasteiger partial charge in [-0.2, -0.15) is 0 Å². The highest BCUT2D eigenvalue weighted by atomic mass is 35.5. The second kappa shape index (κ2) is 7.56. The van der Waals surface area contributed by atoms with Crippen LogP contribution >= 0.6 is 12.4 Å². The molecule has 25 heavy (non-hydrogen) atoms. The second-order valence-electron chi connectivity index (χ2n) is 6.80. The first kappa shape index (κ1) is 19.4. The van der Waals surface area contributed by atoms with Gasteiger partial charge in [0.15, 0.2) is 0 Å². The minimum atomic E-state index is -0.705. The van der Waals surface area contributed by atoms with Crippen molar-refractivity contribution in [2.75, 3.05) is 18.5 Å². The van der Waals surface area contributed by atoms with Crippen LogP contribution in [0.5, 0.6) is 0 Å². The van der Waals surface area contributed by atoms with E-state index in [-0.39, 0.29) is 18.3 Å². The minimum absolute atomic E-state index is 0. The van der Waals surface area contributed by atoms with Gasteiger partial charge in [0.25, 0.3) is 0 Å². The highest BCUT2D eigenvalue weighted by Gasteiger charge is 2.47. The van der Waals surface area contributed by atoms with E-state index in [1.165, 1.54) is 0 Å². The van der Waals surface area contributed by atoms with Gasteiger partial charge in [-0.25, -0.2) is 0 Å². The van der Waals surface area contributed by atoms with Gasteiger partial charge >= 0.3 is 0 Å². The maximum absolute atomic E-state index is 13.2. The number of aliphatic hydroxyl groups excluding tert-OH is 1. The Balaban J connectivity index is 0.00000225. The summed E-state index contributed by atoms with van der Waals surface area (Å²) in [7, 11) is 1.80. The van der Waals surface area contributed by atoms with Crippen LogP contribution in [-0.2, 0) is 10.2 Å². The minimum Gasteiger partial charge on any atom is -0.389 e. The largest absolute Gasteiger partial charge is 0.389 e. The van der Waals surface area contributed by atoms with Gasteiger partial charge in [0, 0.05) is 12.2 Å². The molecule has 0 saturated heterocycles. The Labute approximate surface area is 155 Å². The lowest BCUT2D eigenvalue weighted by atomic mass is 9.86. The van der Waals surface area contributed by atoms with Crippen LogP contribution in [-0.4, -0.2) is 30.7 Å². The Morgan fingerprint density at radius 1 is 1.08 bits per heavy atom. The molecule has 5 heteroatoms. The van der Waals surface area contributed by atoms with Crippen LogP contribution < -0.4 is 10.2 Å². The average molecular weight is 361 g/mol. The van der Waals surface area contributed by atoms with Gasteiger partial charge in [0.05, 0.1) is 17.6 Å². The Hall–Kier alpha value is -1.88. The number of anilines is 1. The molecule has 4 nitrogen and oxygen atoms in total. The third kappa shape index (κ3) is 3.30. The summed E-state index contributed by atoms with van der Waals surface area (Å²) in [4.78, 5) is 15.0. The molecule has 0 saturated carbocycles. The maximum Gasteiger partial charge on any atom is 0.237 e. The lowest BCUT2D eigenvalue weighted by Crippen LogP contribution is -2.45. The number of nitrogens with zero attached hydrogens (tertiary/aromatic N) is 1. The van der Waals surface area contributed by atoms with Crippen LogP contribution in [0.15, 0.2) is 54.6 Å². The van der Waals surface area contributed by atoms with Crippen LogP contribution in [0.25, 0.3) is 0 Å². The molecule has 0 spiro atoms. The highest BCUT2D eigenvalue weighted by molar-refractivity contribution is 6.08. The molecule has 2 N–H and O–H groups in total. The molecule has 0 bridgehead atoms. The lowest BCUT2D eigenvalue weighted by Gasteiger charge is -2.33. The van der Waals surface area contributed by atoms with E-state index in [0.717, 1.165) is 16.8 Å². The van der Waals surface area contributed by atoms with Crippen molar-refractivity contribution < 1.29 is 9.90 Å². The summed E-state index contributed by atoms with van der Waals surface area (Å²) < 4.78 is 0. The van der Waals surface area contributed by atoms with Gasteiger partial charge in [-0.3, -0.25) is 4.79 Å². The van der Waals surface area contributed by atoms with E-state index < -0.39 is 17.6 Å². The zero-order chi connectivity index (χ0) is 17.3. The van der Waals surface area contributed by atoms with Crippen LogP contribution in [0.1, 0.15) is 31.0 Å². The number of aliphatic hydroxyl groups is 1. The van der Waals surface area contributed by atoms with Crippen molar-refractivity contribution in [1.82, 2.24) is 5.32 Å². The molecule has 1 heterocycles. The van der Waals surface area contributed by atoms with Gasteiger partial charge in [0.1, 0.15) is 0 Å². The summed E-state index contributed by atoms with van der Waals surface area (Å²) in [6, 6.07) is 17.2. The first-order valence-electron chi connectivity index (χ1n) is 8.29. The molecule has 0 unspecified atom stereocenters. The molecule has 0 aliphatic carbocycles. The molecule has 1 aliphatic rings. The maximum atomic E-state index is 13.2. The molecule has 134 valence electrons. The van der Waals surface area contributed by atoms with Crippen molar-refractivity contribution in [3.63, 3.8) is 0 Å². The number of likely N-dealkylation sites (N-methyl/N-ethyl adjacent to an activating group) is 1. The number of carbonyl (C=O) groups excluding carboxylic acids is 1. The Morgan fingerprint density at radius 3 is 2.32 bits per heavy atom. The first-order valence-corrected chi connectivity index (χ1v) is 8.29. The normalized spacial score (nSPS) is 17.6. The molecule has 2 aromatic rings. The number of hydrogen-bond donors (Lipinski definition) is 2. The van der Waals surface area contributed by atoms with Gasteiger partial charge in [-0.15, -0.1) is 12.4 Å². The Morgan fingerprint density at radius 2 is 1.68 bits per heavy atom. The first-order chi connectivity index (χ1) is 11.5. The molecular formula is C20H25ClN2O2. The summed E-state index contributed by atoms with van der Waals surface area (Å²) in [5.74, 6) is 0.0210. The molecular weight excluding hydrogens is 336 g/mol. The molecule has 0 fully saturated rings. The molecule has 1 aliphatic heterocycles. The summed E-state index contributed by atoms with van der Waals surface area (Å²) in [6.45, 7) is 4.30. The van der Waals surface area contributed by atoms with Gasteiger partial charge < -0.3 is 15.3 Å². The van der Waals surface area contributed by atoms with E-state index in [0.29, 0.717) is 6.54 Å². The van der Waals surface area contributed by atoms with E-state index in [9.17, 15) is 9.90 Å². The predicted octanol–water partition coefficient (Wildman–Crippen LogP) is 3.05. The number of benzene rings is 2. The lowest BCUT2D eigenvalue weighted by molar-refractivity contribution is -0.123. The number of carbonyl (C=O) groups is 1. The number of nitrogens with one attached hydrogen (secondary N) is 1. The molecule has 2 atom stereocenters. The fourth-order valence-corrected chi connectivity index (χ4v) is 3.53. The summed E-state index contributed by atoms with van der Waals surface area (Å²) in [6.07, 6.45) is -0.705. The molecule has 1 amide bonds. The highest BCUT2D eigenvalue weighted by Crippen LogP contribution is 2.45. The van der Waals surface area contributed by atoms with Crippen molar-refractivity contribution in [3.8, 4) is 0 Å². The number of hydrogen-bond acceptors (Lipinski definition) is 3. The smallest absolute Gasteiger partial charge is 0.237 e. The number of rotatable bonds is 5. The standard InChI is InChI=1S/C20H24N2O2.ClH/c1-20(2)15-11-7-8-12-16(15)22(19(20)24)18(17(23)13-21-3)14-9-5-4-6-10-14;/h4-12,17-18,21,23H,13H2,1-3H3;1H/t17-,18+;/m1./s1. The topological polar surface area (TPSA) is 52.6 Å².